The molecular formula is C21H22ClN5O4. The molecule has 0 fully saturated rings. The van der Waals surface area contributed by atoms with Crippen molar-refractivity contribution in [2.45, 2.75) is 52.2 Å². The smallest absolute Gasteiger partial charge is 0.331 e. The molecule has 0 spiro atoms. The van der Waals surface area contributed by atoms with Gasteiger partial charge in [-0.3, -0.25) is 18.7 Å². The highest BCUT2D eigenvalue weighted by molar-refractivity contribution is 6.30. The Morgan fingerprint density at radius 1 is 1.23 bits per heavy atom. The highest BCUT2D eigenvalue weighted by atomic mass is 35.5. The summed E-state index contributed by atoms with van der Waals surface area (Å²) < 4.78 is 7.67. The van der Waals surface area contributed by atoms with Crippen LogP contribution in [0.25, 0.3) is 11.4 Å². The van der Waals surface area contributed by atoms with E-state index in [1.54, 1.807) is 28.8 Å². The van der Waals surface area contributed by atoms with Gasteiger partial charge in [-0.25, -0.2) is 4.79 Å². The van der Waals surface area contributed by atoms with Crippen LogP contribution in [-0.4, -0.2) is 25.2 Å². The fourth-order valence-electron chi connectivity index (χ4n) is 3.66. The minimum atomic E-state index is -0.580. The Morgan fingerprint density at radius 3 is 2.71 bits per heavy atom. The number of rotatable bonds is 6. The molecule has 0 radical (unpaired) electrons. The van der Waals surface area contributed by atoms with Crippen LogP contribution in [-0.2, 0) is 37.3 Å². The van der Waals surface area contributed by atoms with Crippen molar-refractivity contribution in [1.29, 1.82) is 0 Å². The number of fused-ring (bicyclic) bond motifs is 1. The number of aryl methyl sites for hydroxylation is 1. The van der Waals surface area contributed by atoms with Gasteiger partial charge in [0.2, 0.25) is 17.6 Å². The first-order chi connectivity index (χ1) is 15.0. The van der Waals surface area contributed by atoms with Gasteiger partial charge in [-0.2, -0.15) is 4.98 Å². The maximum atomic E-state index is 13.2. The van der Waals surface area contributed by atoms with E-state index in [9.17, 15) is 14.4 Å². The molecule has 162 valence electrons. The molecule has 0 saturated carbocycles. The Hall–Kier alpha value is -3.20. The Morgan fingerprint density at radius 2 is 2.00 bits per heavy atom. The Bertz CT molecular complexity index is 1230. The number of benzene rings is 1. The van der Waals surface area contributed by atoms with Crippen LogP contribution in [0.3, 0.4) is 0 Å². The van der Waals surface area contributed by atoms with E-state index in [1.807, 2.05) is 6.92 Å². The average Bonchev–Trinajstić information content (AvgIpc) is 3.25. The number of carbonyl (C=O) groups excluding carboxylic acids is 1. The Labute approximate surface area is 182 Å². The van der Waals surface area contributed by atoms with Gasteiger partial charge in [-0.15, -0.1) is 0 Å². The normalized spacial score (nSPS) is 13.1. The van der Waals surface area contributed by atoms with Crippen molar-refractivity contribution in [3.63, 3.8) is 0 Å². The second kappa shape index (κ2) is 8.89. The quantitative estimate of drug-likeness (QED) is 0.623. The number of aromatic nitrogens is 4. The van der Waals surface area contributed by atoms with Crippen LogP contribution in [0.2, 0.25) is 5.02 Å². The van der Waals surface area contributed by atoms with Gasteiger partial charge >= 0.3 is 5.69 Å². The molecule has 2 aromatic heterocycles. The summed E-state index contributed by atoms with van der Waals surface area (Å²) in [6.07, 6.45) is 2.78. The van der Waals surface area contributed by atoms with Gasteiger partial charge in [0.1, 0.15) is 12.1 Å². The summed E-state index contributed by atoms with van der Waals surface area (Å²) in [5.74, 6) is 0.115. The van der Waals surface area contributed by atoms with Crippen molar-refractivity contribution in [3.8, 4) is 11.4 Å². The number of hydrogen-bond donors (Lipinski definition) is 1. The molecule has 1 aliphatic rings. The zero-order chi connectivity index (χ0) is 22.0. The number of nitrogens with one attached hydrogen (secondary N) is 1. The van der Waals surface area contributed by atoms with Gasteiger partial charge in [0, 0.05) is 30.2 Å². The summed E-state index contributed by atoms with van der Waals surface area (Å²) in [6, 6.07) is 7.04. The zero-order valence-electron chi connectivity index (χ0n) is 17.1. The summed E-state index contributed by atoms with van der Waals surface area (Å²) in [6.45, 7) is 2.21. The van der Waals surface area contributed by atoms with Crippen LogP contribution in [0.4, 0.5) is 0 Å². The molecule has 9 nitrogen and oxygen atoms in total. The van der Waals surface area contributed by atoms with Crippen molar-refractivity contribution in [2.24, 2.45) is 0 Å². The molecule has 10 heteroatoms. The predicted molar refractivity (Wildman–Crippen MR) is 114 cm³/mol. The van der Waals surface area contributed by atoms with Gasteiger partial charge in [0.25, 0.3) is 5.56 Å². The molecule has 4 rings (SSSR count). The van der Waals surface area contributed by atoms with E-state index in [-0.39, 0.29) is 17.9 Å². The molecule has 3 heterocycles. The van der Waals surface area contributed by atoms with Gasteiger partial charge < -0.3 is 9.84 Å². The fourth-order valence-corrected chi connectivity index (χ4v) is 3.79. The molecule has 1 amide bonds. The summed E-state index contributed by atoms with van der Waals surface area (Å²) >= 11 is 5.87. The summed E-state index contributed by atoms with van der Waals surface area (Å²) in [7, 11) is 0. The van der Waals surface area contributed by atoms with Crippen molar-refractivity contribution >= 4 is 17.5 Å². The maximum absolute atomic E-state index is 13.2. The Kier molecular flexibility index (Phi) is 6.03. The topological polar surface area (TPSA) is 112 Å². The molecule has 1 aliphatic heterocycles. The van der Waals surface area contributed by atoms with Crippen LogP contribution < -0.4 is 16.6 Å². The standard InChI is InChI=1S/C21H22ClN5O4/c1-2-17-24-19(25-31-17)18-15-5-3-4-10-26(15)21(30)27(20(18)29)12-16(28)23-11-13-6-8-14(22)9-7-13/h6-9H,2-5,10-12H2,1H3,(H,23,28). The largest absolute Gasteiger partial charge is 0.350 e. The highest BCUT2D eigenvalue weighted by Gasteiger charge is 2.26. The predicted octanol–water partition coefficient (Wildman–Crippen LogP) is 1.93. The first kappa shape index (κ1) is 21.0. The van der Waals surface area contributed by atoms with E-state index in [1.165, 1.54) is 0 Å². The molecule has 0 saturated heterocycles. The number of hydrogen-bond acceptors (Lipinski definition) is 6. The third-order valence-corrected chi connectivity index (χ3v) is 5.53. The monoisotopic (exact) mass is 443 g/mol. The minimum Gasteiger partial charge on any atom is -0.350 e. The van der Waals surface area contributed by atoms with Crippen LogP contribution in [0.15, 0.2) is 38.4 Å². The fraction of sp³-hybridized carbons (Fsp3) is 0.381. The lowest BCUT2D eigenvalue weighted by Crippen LogP contribution is -2.46. The van der Waals surface area contributed by atoms with E-state index >= 15 is 0 Å². The zero-order valence-corrected chi connectivity index (χ0v) is 17.8. The molecule has 3 aromatic rings. The first-order valence-corrected chi connectivity index (χ1v) is 10.6. The summed E-state index contributed by atoms with van der Waals surface area (Å²) in [5.41, 5.74) is 0.607. The minimum absolute atomic E-state index is 0.155. The lowest BCUT2D eigenvalue weighted by atomic mass is 10.0. The molecule has 1 N–H and O–H groups in total. The van der Waals surface area contributed by atoms with Gasteiger partial charge in [0.15, 0.2) is 0 Å². The Balaban J connectivity index is 1.66. The molecule has 1 aromatic carbocycles. The van der Waals surface area contributed by atoms with Gasteiger partial charge in [-0.05, 0) is 37.0 Å². The van der Waals surface area contributed by atoms with Crippen molar-refractivity contribution < 1.29 is 9.32 Å². The third-order valence-electron chi connectivity index (χ3n) is 5.28. The number of nitrogens with zero attached hydrogens (tertiary/aromatic N) is 4. The molecular weight excluding hydrogens is 422 g/mol. The van der Waals surface area contributed by atoms with E-state index in [2.05, 4.69) is 15.5 Å². The van der Waals surface area contributed by atoms with Crippen LogP contribution in [0.5, 0.6) is 0 Å². The number of halogens is 1. The first-order valence-electron chi connectivity index (χ1n) is 10.2. The summed E-state index contributed by atoms with van der Waals surface area (Å²) in [5, 5.41) is 7.27. The highest BCUT2D eigenvalue weighted by Crippen LogP contribution is 2.21. The van der Waals surface area contributed by atoms with E-state index in [4.69, 9.17) is 16.1 Å². The summed E-state index contributed by atoms with van der Waals surface area (Å²) in [4.78, 5) is 43.0. The van der Waals surface area contributed by atoms with Crippen molar-refractivity contribution in [2.75, 3.05) is 0 Å². The second-order valence-electron chi connectivity index (χ2n) is 7.37. The van der Waals surface area contributed by atoms with E-state index in [0.29, 0.717) is 36.0 Å². The SMILES string of the molecule is CCc1nc(-c2c3n(c(=O)n(CC(=O)NCc4ccc(Cl)cc4)c2=O)CCCC3)no1. The average molecular weight is 444 g/mol. The third kappa shape index (κ3) is 4.32. The number of amides is 1. The van der Waals surface area contributed by atoms with Crippen molar-refractivity contribution in [1.82, 2.24) is 24.6 Å². The molecule has 31 heavy (non-hydrogen) atoms. The van der Waals surface area contributed by atoms with E-state index < -0.39 is 23.7 Å². The molecule has 0 aliphatic carbocycles. The lowest BCUT2D eigenvalue weighted by molar-refractivity contribution is -0.121. The molecule has 0 unspecified atom stereocenters. The van der Waals surface area contributed by atoms with Crippen LogP contribution >= 0.6 is 11.6 Å². The lowest BCUT2D eigenvalue weighted by Gasteiger charge is -2.21. The molecule has 0 atom stereocenters. The second-order valence-corrected chi connectivity index (χ2v) is 7.81. The van der Waals surface area contributed by atoms with Gasteiger partial charge in [-0.1, -0.05) is 35.8 Å². The van der Waals surface area contributed by atoms with Crippen LogP contribution in [0.1, 0.15) is 36.9 Å². The molecule has 0 bridgehead atoms. The van der Waals surface area contributed by atoms with Gasteiger partial charge in [0.05, 0.1) is 0 Å². The van der Waals surface area contributed by atoms with Crippen molar-refractivity contribution in [3.05, 3.63) is 67.3 Å². The number of carbonyl (C=O) groups is 1. The van der Waals surface area contributed by atoms with Crippen LogP contribution in [0, 0.1) is 0 Å². The van der Waals surface area contributed by atoms with E-state index in [0.717, 1.165) is 23.0 Å². The maximum Gasteiger partial charge on any atom is 0.331 e.